The molecular formula is C12H25N3S. The maximum Gasteiger partial charge on any atom is 0.188 e. The molecular weight excluding hydrogens is 218 g/mol. The van der Waals surface area contributed by atoms with Crippen molar-refractivity contribution >= 4 is 17.7 Å². The highest BCUT2D eigenvalue weighted by Gasteiger charge is 1.95. The highest BCUT2D eigenvalue weighted by atomic mass is 32.2. The van der Waals surface area contributed by atoms with Crippen LogP contribution in [0.1, 0.15) is 27.2 Å². The minimum absolute atomic E-state index is 0.525. The summed E-state index contributed by atoms with van der Waals surface area (Å²) in [6.45, 7) is 11.7. The smallest absolute Gasteiger partial charge is 0.188 e. The van der Waals surface area contributed by atoms with E-state index in [0.717, 1.165) is 24.5 Å². The van der Waals surface area contributed by atoms with Gasteiger partial charge in [-0.2, -0.15) is 11.8 Å². The van der Waals surface area contributed by atoms with Gasteiger partial charge in [-0.25, -0.2) is 4.99 Å². The molecule has 0 bridgehead atoms. The predicted molar refractivity (Wildman–Crippen MR) is 76.1 cm³/mol. The fourth-order valence-electron chi connectivity index (χ4n) is 0.986. The molecule has 0 heterocycles. The molecule has 3 N–H and O–H groups in total. The van der Waals surface area contributed by atoms with E-state index in [2.05, 4.69) is 30.7 Å². The number of nitrogens with zero attached hydrogens (tertiary/aromatic N) is 1. The first kappa shape index (κ1) is 15.4. The van der Waals surface area contributed by atoms with E-state index >= 15 is 0 Å². The van der Waals surface area contributed by atoms with Crippen LogP contribution in [0, 0.1) is 5.92 Å². The van der Waals surface area contributed by atoms with E-state index in [1.54, 1.807) is 0 Å². The Hall–Kier alpha value is -0.640. The van der Waals surface area contributed by atoms with Gasteiger partial charge in [-0.05, 0) is 30.8 Å². The predicted octanol–water partition coefficient (Wildman–Crippen LogP) is 2.25. The average Bonchev–Trinajstić information content (AvgIpc) is 2.19. The summed E-state index contributed by atoms with van der Waals surface area (Å²) >= 11 is 2.00. The third-order valence-electron chi connectivity index (χ3n) is 1.74. The Labute approximate surface area is 104 Å². The Bertz CT molecular complexity index is 224. The maximum atomic E-state index is 5.68. The van der Waals surface area contributed by atoms with Crippen LogP contribution in [0.15, 0.2) is 17.1 Å². The average molecular weight is 243 g/mol. The lowest BCUT2D eigenvalue weighted by Crippen LogP contribution is -2.32. The summed E-state index contributed by atoms with van der Waals surface area (Å²) in [5, 5.41) is 3.10. The Kier molecular flexibility index (Phi) is 9.19. The molecule has 0 unspecified atom stereocenters. The Balaban J connectivity index is 3.37. The van der Waals surface area contributed by atoms with Crippen LogP contribution in [-0.2, 0) is 0 Å². The molecule has 0 radical (unpaired) electrons. The molecule has 0 aromatic heterocycles. The summed E-state index contributed by atoms with van der Waals surface area (Å²) in [6, 6.07) is 0. The third kappa shape index (κ3) is 11.4. The number of rotatable bonds is 8. The standard InChI is InChI=1S/C12H25N3S/c1-10(2)8-15-12(13)14-6-5-7-16-9-11(3)4/h11H,1,5-9H2,2-4H3,(H3,13,14,15). The van der Waals surface area contributed by atoms with Crippen molar-refractivity contribution in [2.24, 2.45) is 16.6 Å². The Morgan fingerprint density at radius 1 is 1.50 bits per heavy atom. The molecule has 3 nitrogen and oxygen atoms in total. The number of hydrogen-bond donors (Lipinski definition) is 2. The molecule has 0 aliphatic rings. The lowest BCUT2D eigenvalue weighted by molar-refractivity contribution is 0.748. The summed E-state index contributed by atoms with van der Waals surface area (Å²) in [6.07, 6.45) is 1.13. The molecule has 0 aromatic rings. The molecule has 0 aromatic carbocycles. The highest BCUT2D eigenvalue weighted by molar-refractivity contribution is 7.99. The van der Waals surface area contributed by atoms with Crippen LogP contribution in [0.2, 0.25) is 0 Å². The largest absolute Gasteiger partial charge is 0.370 e. The molecule has 4 heteroatoms. The molecule has 0 saturated heterocycles. The molecule has 0 spiro atoms. The Morgan fingerprint density at radius 2 is 2.19 bits per heavy atom. The first-order chi connectivity index (χ1) is 7.52. The number of nitrogens with one attached hydrogen (secondary N) is 1. The van der Waals surface area contributed by atoms with Gasteiger partial charge in [0.2, 0.25) is 0 Å². The van der Waals surface area contributed by atoms with Crippen LogP contribution < -0.4 is 11.1 Å². The van der Waals surface area contributed by atoms with Crippen LogP contribution in [0.25, 0.3) is 0 Å². The fraction of sp³-hybridized carbons (Fsp3) is 0.750. The van der Waals surface area contributed by atoms with Gasteiger partial charge in [0.25, 0.3) is 0 Å². The highest BCUT2D eigenvalue weighted by Crippen LogP contribution is 2.07. The minimum Gasteiger partial charge on any atom is -0.370 e. The van der Waals surface area contributed by atoms with Crippen LogP contribution in [-0.4, -0.2) is 30.6 Å². The van der Waals surface area contributed by atoms with E-state index in [9.17, 15) is 0 Å². The summed E-state index contributed by atoms with van der Waals surface area (Å²) in [4.78, 5) is 4.15. The fourth-order valence-corrected chi connectivity index (χ4v) is 1.97. The zero-order chi connectivity index (χ0) is 12.4. The molecule has 0 amide bonds. The molecule has 0 atom stereocenters. The number of guanidine groups is 1. The van der Waals surface area contributed by atoms with Crippen molar-refractivity contribution in [1.29, 1.82) is 0 Å². The minimum atomic E-state index is 0.525. The topological polar surface area (TPSA) is 50.4 Å². The van der Waals surface area contributed by atoms with Crippen molar-refractivity contribution in [1.82, 2.24) is 5.32 Å². The molecule has 0 rings (SSSR count). The monoisotopic (exact) mass is 243 g/mol. The second-order valence-electron chi connectivity index (χ2n) is 4.41. The van der Waals surface area contributed by atoms with E-state index in [4.69, 9.17) is 5.73 Å². The molecule has 0 saturated carbocycles. The van der Waals surface area contributed by atoms with E-state index in [1.165, 1.54) is 11.5 Å². The van der Waals surface area contributed by atoms with Gasteiger partial charge in [-0.1, -0.05) is 26.0 Å². The van der Waals surface area contributed by atoms with Crippen LogP contribution >= 0.6 is 11.8 Å². The van der Waals surface area contributed by atoms with Gasteiger partial charge >= 0.3 is 0 Å². The van der Waals surface area contributed by atoms with E-state index in [-0.39, 0.29) is 0 Å². The van der Waals surface area contributed by atoms with Gasteiger partial charge in [0.15, 0.2) is 5.96 Å². The van der Waals surface area contributed by atoms with E-state index < -0.39 is 0 Å². The second kappa shape index (κ2) is 9.58. The van der Waals surface area contributed by atoms with E-state index in [0.29, 0.717) is 12.5 Å². The molecule has 0 aliphatic carbocycles. The molecule has 0 fully saturated rings. The van der Waals surface area contributed by atoms with Crippen LogP contribution in [0.3, 0.4) is 0 Å². The van der Waals surface area contributed by atoms with Gasteiger partial charge in [0.1, 0.15) is 0 Å². The first-order valence-electron chi connectivity index (χ1n) is 5.78. The number of thioether (sulfide) groups is 1. The zero-order valence-corrected chi connectivity index (χ0v) is 11.6. The zero-order valence-electron chi connectivity index (χ0n) is 10.8. The SMILES string of the molecule is C=C(C)CN=C(N)NCCCSCC(C)C. The molecule has 94 valence electrons. The summed E-state index contributed by atoms with van der Waals surface area (Å²) in [5.41, 5.74) is 6.70. The summed E-state index contributed by atoms with van der Waals surface area (Å²) in [7, 11) is 0. The maximum absolute atomic E-state index is 5.68. The van der Waals surface area contributed by atoms with Gasteiger partial charge < -0.3 is 11.1 Å². The second-order valence-corrected chi connectivity index (χ2v) is 5.56. The van der Waals surface area contributed by atoms with Crippen LogP contribution in [0.5, 0.6) is 0 Å². The van der Waals surface area contributed by atoms with Crippen molar-refractivity contribution in [2.75, 3.05) is 24.6 Å². The lowest BCUT2D eigenvalue weighted by Gasteiger charge is -2.06. The Morgan fingerprint density at radius 3 is 2.75 bits per heavy atom. The van der Waals surface area contributed by atoms with Crippen molar-refractivity contribution in [3.8, 4) is 0 Å². The van der Waals surface area contributed by atoms with Crippen molar-refractivity contribution in [3.63, 3.8) is 0 Å². The van der Waals surface area contributed by atoms with Gasteiger partial charge in [0, 0.05) is 6.54 Å². The normalized spacial score (nSPS) is 11.9. The summed E-state index contributed by atoms with van der Waals surface area (Å²) < 4.78 is 0. The van der Waals surface area contributed by atoms with Gasteiger partial charge in [-0.15, -0.1) is 0 Å². The number of hydrogen-bond acceptors (Lipinski definition) is 2. The first-order valence-corrected chi connectivity index (χ1v) is 6.93. The number of aliphatic imine (C=N–C) groups is 1. The number of nitrogens with two attached hydrogens (primary N) is 1. The van der Waals surface area contributed by atoms with Crippen molar-refractivity contribution in [3.05, 3.63) is 12.2 Å². The van der Waals surface area contributed by atoms with Gasteiger partial charge in [-0.3, -0.25) is 0 Å². The van der Waals surface area contributed by atoms with Crippen molar-refractivity contribution < 1.29 is 0 Å². The van der Waals surface area contributed by atoms with Crippen molar-refractivity contribution in [2.45, 2.75) is 27.2 Å². The van der Waals surface area contributed by atoms with E-state index in [1.807, 2.05) is 18.7 Å². The van der Waals surface area contributed by atoms with Crippen LogP contribution in [0.4, 0.5) is 0 Å². The molecule has 16 heavy (non-hydrogen) atoms. The lowest BCUT2D eigenvalue weighted by atomic mass is 10.3. The van der Waals surface area contributed by atoms with Gasteiger partial charge in [0.05, 0.1) is 6.54 Å². The summed E-state index contributed by atoms with van der Waals surface area (Å²) in [5.74, 6) is 3.72. The molecule has 0 aliphatic heterocycles. The third-order valence-corrected chi connectivity index (χ3v) is 3.22. The quantitative estimate of drug-likeness (QED) is 0.297.